The molecule has 1 saturated carbocycles. The molecule has 1 N–H and O–H groups in total. The molecule has 1 aliphatic carbocycles. The fourth-order valence-corrected chi connectivity index (χ4v) is 3.37. The summed E-state index contributed by atoms with van der Waals surface area (Å²) in [6, 6.07) is 4.68. The third-order valence-electron chi connectivity index (χ3n) is 4.50. The molecule has 0 aliphatic heterocycles. The van der Waals surface area contributed by atoms with Crippen LogP contribution in [-0.4, -0.2) is 12.1 Å². The van der Waals surface area contributed by atoms with Crippen molar-refractivity contribution in [2.45, 2.75) is 64.5 Å². The van der Waals surface area contributed by atoms with Crippen LogP contribution in [0.1, 0.15) is 51.5 Å². The van der Waals surface area contributed by atoms with Crippen LogP contribution in [0.25, 0.3) is 0 Å². The Morgan fingerprint density at radius 3 is 2.50 bits per heavy atom. The van der Waals surface area contributed by atoms with Crippen LogP contribution in [0.4, 0.5) is 8.78 Å². The smallest absolute Gasteiger partial charge is 0.129 e. The zero-order chi connectivity index (χ0) is 14.5. The maximum atomic E-state index is 13.7. The van der Waals surface area contributed by atoms with Crippen LogP contribution >= 0.6 is 0 Å². The van der Waals surface area contributed by atoms with Crippen molar-refractivity contribution >= 4 is 0 Å². The summed E-state index contributed by atoms with van der Waals surface area (Å²) in [6.07, 6.45) is 6.61. The average Bonchev–Trinajstić information content (AvgIpc) is 2.44. The highest BCUT2D eigenvalue weighted by molar-refractivity contribution is 5.20. The topological polar surface area (TPSA) is 12.0 Å². The Labute approximate surface area is 120 Å². The van der Waals surface area contributed by atoms with Crippen molar-refractivity contribution in [3.05, 3.63) is 35.4 Å². The van der Waals surface area contributed by atoms with Gasteiger partial charge < -0.3 is 5.32 Å². The lowest BCUT2D eigenvalue weighted by atomic mass is 9.82. The van der Waals surface area contributed by atoms with Gasteiger partial charge in [0.25, 0.3) is 0 Å². The Bertz CT molecular complexity index is 413. The Kier molecular flexibility index (Phi) is 5.53. The van der Waals surface area contributed by atoms with E-state index < -0.39 is 11.6 Å². The van der Waals surface area contributed by atoms with Crippen molar-refractivity contribution in [1.82, 2.24) is 5.32 Å². The number of halogens is 2. The second-order valence-corrected chi connectivity index (χ2v) is 6.03. The van der Waals surface area contributed by atoms with Gasteiger partial charge in [-0.25, -0.2) is 8.78 Å². The number of nitrogens with one attached hydrogen (secondary N) is 1. The van der Waals surface area contributed by atoms with E-state index in [1.54, 1.807) is 0 Å². The molecule has 0 heterocycles. The third kappa shape index (κ3) is 3.78. The molecule has 1 aliphatic rings. The molecular weight excluding hydrogens is 256 g/mol. The molecule has 0 radical (unpaired) electrons. The van der Waals surface area contributed by atoms with E-state index in [9.17, 15) is 8.78 Å². The summed E-state index contributed by atoms with van der Waals surface area (Å²) >= 11 is 0. The minimum atomic E-state index is -0.436. The normalized spacial score (nSPS) is 24.6. The molecular formula is C17H25F2N. The molecule has 3 heteroatoms. The van der Waals surface area contributed by atoms with Gasteiger partial charge in [0.1, 0.15) is 11.6 Å². The summed E-state index contributed by atoms with van der Waals surface area (Å²) < 4.78 is 27.3. The van der Waals surface area contributed by atoms with Crippen LogP contribution in [0.2, 0.25) is 0 Å². The second kappa shape index (κ2) is 7.16. The van der Waals surface area contributed by atoms with Gasteiger partial charge in [-0.05, 0) is 44.2 Å². The van der Waals surface area contributed by atoms with E-state index in [1.165, 1.54) is 50.3 Å². The van der Waals surface area contributed by atoms with Crippen molar-refractivity contribution in [3.8, 4) is 0 Å². The van der Waals surface area contributed by atoms with Gasteiger partial charge in [-0.2, -0.15) is 0 Å². The van der Waals surface area contributed by atoms with E-state index in [1.807, 2.05) is 6.92 Å². The lowest BCUT2D eigenvalue weighted by Gasteiger charge is -2.34. The van der Waals surface area contributed by atoms with E-state index in [0.29, 0.717) is 18.4 Å². The number of hydrogen-bond donors (Lipinski definition) is 1. The minimum Gasteiger partial charge on any atom is -0.311 e. The largest absolute Gasteiger partial charge is 0.311 e. The SMILES string of the molecule is CCC1CCCCC1NC(C)Cc1c(F)cccc1F. The molecule has 3 atom stereocenters. The monoisotopic (exact) mass is 281 g/mol. The Balaban J connectivity index is 1.96. The van der Waals surface area contributed by atoms with Gasteiger partial charge in [0.05, 0.1) is 0 Å². The van der Waals surface area contributed by atoms with Gasteiger partial charge in [0, 0.05) is 17.6 Å². The maximum absolute atomic E-state index is 13.7. The van der Waals surface area contributed by atoms with Crippen LogP contribution in [0.3, 0.4) is 0 Å². The van der Waals surface area contributed by atoms with Crippen molar-refractivity contribution in [2.75, 3.05) is 0 Å². The first-order chi connectivity index (χ1) is 9.61. The first-order valence-corrected chi connectivity index (χ1v) is 7.80. The molecule has 112 valence electrons. The molecule has 1 fully saturated rings. The predicted octanol–water partition coefficient (Wildman–Crippen LogP) is 4.45. The van der Waals surface area contributed by atoms with Crippen molar-refractivity contribution in [3.63, 3.8) is 0 Å². The molecule has 1 aromatic rings. The quantitative estimate of drug-likeness (QED) is 0.840. The highest BCUT2D eigenvalue weighted by Gasteiger charge is 2.25. The van der Waals surface area contributed by atoms with Crippen molar-refractivity contribution < 1.29 is 8.78 Å². The molecule has 0 spiro atoms. The molecule has 0 amide bonds. The fraction of sp³-hybridized carbons (Fsp3) is 0.647. The Morgan fingerprint density at radius 2 is 1.85 bits per heavy atom. The number of rotatable bonds is 5. The zero-order valence-corrected chi connectivity index (χ0v) is 12.5. The average molecular weight is 281 g/mol. The minimum absolute atomic E-state index is 0.0959. The van der Waals surface area contributed by atoms with Gasteiger partial charge in [-0.3, -0.25) is 0 Å². The van der Waals surface area contributed by atoms with E-state index in [0.717, 1.165) is 0 Å². The van der Waals surface area contributed by atoms with Crippen LogP contribution in [0.15, 0.2) is 18.2 Å². The predicted molar refractivity (Wildman–Crippen MR) is 78.7 cm³/mol. The number of hydrogen-bond acceptors (Lipinski definition) is 1. The second-order valence-electron chi connectivity index (χ2n) is 6.03. The van der Waals surface area contributed by atoms with E-state index in [4.69, 9.17) is 0 Å². The first kappa shape index (κ1) is 15.4. The standard InChI is InChI=1S/C17H25F2N/c1-3-13-7-4-5-10-17(13)20-12(2)11-14-15(18)8-6-9-16(14)19/h6,8-9,12-13,17,20H,3-5,7,10-11H2,1-2H3. The van der Waals surface area contributed by atoms with E-state index in [-0.39, 0.29) is 11.6 Å². The summed E-state index contributed by atoms with van der Waals surface area (Å²) in [7, 11) is 0. The van der Waals surface area contributed by atoms with Gasteiger partial charge >= 0.3 is 0 Å². The molecule has 3 unspecified atom stereocenters. The van der Waals surface area contributed by atoms with Gasteiger partial charge in [-0.1, -0.05) is 32.3 Å². The first-order valence-electron chi connectivity index (χ1n) is 7.80. The molecule has 1 aromatic carbocycles. The van der Waals surface area contributed by atoms with E-state index >= 15 is 0 Å². The Morgan fingerprint density at radius 1 is 1.20 bits per heavy atom. The lowest BCUT2D eigenvalue weighted by molar-refractivity contribution is 0.239. The summed E-state index contributed by atoms with van der Waals surface area (Å²) in [6.45, 7) is 4.25. The van der Waals surface area contributed by atoms with Crippen molar-refractivity contribution in [2.24, 2.45) is 5.92 Å². The summed E-state index contributed by atoms with van der Waals surface area (Å²) in [5, 5.41) is 3.59. The van der Waals surface area contributed by atoms with Gasteiger partial charge in [0.15, 0.2) is 0 Å². The summed E-state index contributed by atoms with van der Waals surface area (Å²) in [5.74, 6) is -0.166. The molecule has 0 saturated heterocycles. The van der Waals surface area contributed by atoms with Crippen molar-refractivity contribution in [1.29, 1.82) is 0 Å². The van der Waals surface area contributed by atoms with Crippen LogP contribution in [0.5, 0.6) is 0 Å². The van der Waals surface area contributed by atoms with Gasteiger partial charge in [-0.15, -0.1) is 0 Å². The molecule has 0 bridgehead atoms. The maximum Gasteiger partial charge on any atom is 0.129 e. The molecule has 0 aromatic heterocycles. The van der Waals surface area contributed by atoms with Gasteiger partial charge in [0.2, 0.25) is 0 Å². The van der Waals surface area contributed by atoms with E-state index in [2.05, 4.69) is 12.2 Å². The molecule has 20 heavy (non-hydrogen) atoms. The zero-order valence-electron chi connectivity index (χ0n) is 12.5. The fourth-order valence-electron chi connectivity index (χ4n) is 3.37. The number of benzene rings is 1. The van der Waals surface area contributed by atoms with Crippen LogP contribution in [-0.2, 0) is 6.42 Å². The lowest BCUT2D eigenvalue weighted by Crippen LogP contribution is -2.44. The molecule has 2 rings (SSSR count). The third-order valence-corrected chi connectivity index (χ3v) is 4.50. The highest BCUT2D eigenvalue weighted by Crippen LogP contribution is 2.27. The molecule has 1 nitrogen and oxygen atoms in total. The van der Waals surface area contributed by atoms with Crippen LogP contribution in [0, 0.1) is 17.6 Å². The Hall–Kier alpha value is -0.960. The summed E-state index contributed by atoms with van der Waals surface area (Å²) in [4.78, 5) is 0. The van der Waals surface area contributed by atoms with Crippen LogP contribution < -0.4 is 5.32 Å². The summed E-state index contributed by atoms with van der Waals surface area (Å²) in [5.41, 5.74) is 0.205. The highest BCUT2D eigenvalue weighted by atomic mass is 19.1.